The molecule has 0 spiro atoms. The molecule has 6 heteroatoms. The smallest absolute Gasteiger partial charge is 0.227 e. The predicted molar refractivity (Wildman–Crippen MR) is 111 cm³/mol. The van der Waals surface area contributed by atoms with Gasteiger partial charge < -0.3 is 15.4 Å². The lowest BCUT2D eigenvalue weighted by Crippen LogP contribution is -2.42. The Labute approximate surface area is 176 Å². The Bertz CT molecular complexity index is 886. The molecule has 0 unspecified atom stereocenters. The van der Waals surface area contributed by atoms with E-state index in [2.05, 4.69) is 10.6 Å². The summed E-state index contributed by atoms with van der Waals surface area (Å²) in [6.07, 6.45) is 5.87. The van der Waals surface area contributed by atoms with Gasteiger partial charge >= 0.3 is 0 Å². The van der Waals surface area contributed by atoms with Crippen molar-refractivity contribution in [2.75, 3.05) is 0 Å². The van der Waals surface area contributed by atoms with Gasteiger partial charge in [-0.15, -0.1) is 0 Å². The maximum absolute atomic E-state index is 13.0. The summed E-state index contributed by atoms with van der Waals surface area (Å²) in [4.78, 5) is 25.3. The van der Waals surface area contributed by atoms with Crippen LogP contribution in [0.2, 0.25) is 0 Å². The van der Waals surface area contributed by atoms with Gasteiger partial charge in [0.25, 0.3) is 0 Å². The molecule has 158 valence electrons. The van der Waals surface area contributed by atoms with E-state index < -0.39 is 5.41 Å². The highest BCUT2D eigenvalue weighted by atomic mass is 19.1. The monoisotopic (exact) mass is 410 g/mol. The van der Waals surface area contributed by atoms with Crippen molar-refractivity contribution in [1.29, 1.82) is 0 Å². The van der Waals surface area contributed by atoms with Gasteiger partial charge in [0.15, 0.2) is 0 Å². The van der Waals surface area contributed by atoms with Gasteiger partial charge in [-0.2, -0.15) is 0 Å². The van der Waals surface area contributed by atoms with Crippen molar-refractivity contribution < 1.29 is 18.7 Å². The topological polar surface area (TPSA) is 67.4 Å². The van der Waals surface area contributed by atoms with Gasteiger partial charge in [0.2, 0.25) is 11.8 Å². The third kappa shape index (κ3) is 5.17. The van der Waals surface area contributed by atoms with Crippen molar-refractivity contribution in [3.8, 4) is 11.5 Å². The van der Waals surface area contributed by atoms with Crippen molar-refractivity contribution in [3.05, 3.63) is 59.9 Å². The summed E-state index contributed by atoms with van der Waals surface area (Å²) in [6.45, 7) is 0.404. The number of ether oxygens (including phenoxy) is 1. The SMILES string of the molecule is O=C(CC1(C(=O)NCc2ccc(Oc3ccc(F)cc3)cc2)CCCC1)NC1CC1. The van der Waals surface area contributed by atoms with Crippen molar-refractivity contribution >= 4 is 11.8 Å². The minimum atomic E-state index is -0.579. The first-order valence-electron chi connectivity index (χ1n) is 10.6. The van der Waals surface area contributed by atoms with Crippen molar-refractivity contribution in [2.45, 2.75) is 57.5 Å². The molecule has 2 aromatic rings. The van der Waals surface area contributed by atoms with Crippen LogP contribution < -0.4 is 15.4 Å². The fraction of sp³-hybridized carbons (Fsp3) is 0.417. The zero-order valence-electron chi connectivity index (χ0n) is 17.0. The highest BCUT2D eigenvalue weighted by molar-refractivity contribution is 5.89. The summed E-state index contributed by atoms with van der Waals surface area (Å²) in [5.74, 6) is 0.860. The maximum Gasteiger partial charge on any atom is 0.227 e. The molecule has 2 fully saturated rings. The van der Waals surface area contributed by atoms with Crippen molar-refractivity contribution in [2.24, 2.45) is 5.41 Å². The van der Waals surface area contributed by atoms with Crippen LogP contribution in [0.4, 0.5) is 4.39 Å². The second-order valence-electron chi connectivity index (χ2n) is 8.39. The van der Waals surface area contributed by atoms with E-state index in [4.69, 9.17) is 4.74 Å². The van der Waals surface area contributed by atoms with E-state index in [1.807, 2.05) is 24.3 Å². The quantitative estimate of drug-likeness (QED) is 0.675. The van der Waals surface area contributed by atoms with Crippen LogP contribution in [0.3, 0.4) is 0 Å². The first-order chi connectivity index (χ1) is 14.5. The van der Waals surface area contributed by atoms with Gasteiger partial charge in [0.1, 0.15) is 17.3 Å². The lowest BCUT2D eigenvalue weighted by atomic mass is 9.81. The number of rotatable bonds is 8. The molecule has 2 aliphatic carbocycles. The van der Waals surface area contributed by atoms with Crippen molar-refractivity contribution in [1.82, 2.24) is 10.6 Å². The van der Waals surface area contributed by atoms with E-state index in [1.54, 1.807) is 12.1 Å². The summed E-state index contributed by atoms with van der Waals surface area (Å²) >= 11 is 0. The average Bonchev–Trinajstić information content (AvgIpc) is 3.43. The zero-order valence-corrected chi connectivity index (χ0v) is 17.0. The molecule has 0 heterocycles. The number of benzene rings is 2. The molecule has 0 saturated heterocycles. The van der Waals surface area contributed by atoms with E-state index in [0.29, 0.717) is 24.1 Å². The molecule has 30 heavy (non-hydrogen) atoms. The van der Waals surface area contributed by atoms with E-state index in [9.17, 15) is 14.0 Å². The van der Waals surface area contributed by atoms with E-state index in [1.165, 1.54) is 12.1 Å². The molecule has 4 rings (SSSR count). The van der Waals surface area contributed by atoms with Gasteiger partial charge in [0.05, 0.1) is 5.41 Å². The van der Waals surface area contributed by atoms with Gasteiger partial charge in [-0.1, -0.05) is 25.0 Å². The Balaban J connectivity index is 1.31. The summed E-state index contributed by atoms with van der Waals surface area (Å²) in [6, 6.07) is 13.6. The molecule has 5 nitrogen and oxygen atoms in total. The number of nitrogens with one attached hydrogen (secondary N) is 2. The summed E-state index contributed by atoms with van der Waals surface area (Å²) in [7, 11) is 0. The van der Waals surface area contributed by atoms with Crippen molar-refractivity contribution in [3.63, 3.8) is 0 Å². The number of amides is 2. The minimum Gasteiger partial charge on any atom is -0.457 e. The molecule has 2 aliphatic rings. The summed E-state index contributed by atoms with van der Waals surface area (Å²) in [5.41, 5.74) is 0.371. The molecule has 0 bridgehead atoms. The lowest BCUT2D eigenvalue weighted by Gasteiger charge is -2.27. The summed E-state index contributed by atoms with van der Waals surface area (Å²) < 4.78 is 18.7. The van der Waals surface area contributed by atoms with Crippen LogP contribution in [0.5, 0.6) is 11.5 Å². The van der Waals surface area contributed by atoms with E-state index >= 15 is 0 Å². The fourth-order valence-electron chi connectivity index (χ4n) is 4.03. The molecular weight excluding hydrogens is 383 g/mol. The lowest BCUT2D eigenvalue weighted by molar-refractivity contribution is -0.136. The third-order valence-electron chi connectivity index (χ3n) is 5.91. The molecule has 2 N–H and O–H groups in total. The molecule has 2 saturated carbocycles. The highest BCUT2D eigenvalue weighted by Gasteiger charge is 2.43. The first-order valence-corrected chi connectivity index (χ1v) is 10.6. The van der Waals surface area contributed by atoms with Gasteiger partial charge in [-0.25, -0.2) is 4.39 Å². The van der Waals surface area contributed by atoms with Crippen LogP contribution in [0.15, 0.2) is 48.5 Å². The number of carbonyl (C=O) groups is 2. The van der Waals surface area contributed by atoms with Crippen LogP contribution in [-0.2, 0) is 16.1 Å². The minimum absolute atomic E-state index is 0.00292. The zero-order chi connectivity index (χ0) is 21.0. The Morgan fingerprint density at radius 3 is 2.17 bits per heavy atom. The first kappa shape index (κ1) is 20.4. The normalized spacial score (nSPS) is 17.4. The highest BCUT2D eigenvalue weighted by Crippen LogP contribution is 2.41. The molecule has 2 aromatic carbocycles. The molecular formula is C24H27FN2O3. The van der Waals surface area contributed by atoms with Crippen LogP contribution >= 0.6 is 0 Å². The van der Waals surface area contributed by atoms with Crippen LogP contribution in [-0.4, -0.2) is 17.9 Å². The third-order valence-corrected chi connectivity index (χ3v) is 5.91. The molecule has 2 amide bonds. The Kier molecular flexibility index (Phi) is 6.02. The number of halogens is 1. The largest absolute Gasteiger partial charge is 0.457 e. The Morgan fingerprint density at radius 1 is 0.967 bits per heavy atom. The van der Waals surface area contributed by atoms with Crippen LogP contribution in [0.25, 0.3) is 0 Å². The molecule has 0 aromatic heterocycles. The van der Waals surface area contributed by atoms with Crippen LogP contribution in [0, 0.1) is 11.2 Å². The van der Waals surface area contributed by atoms with Gasteiger partial charge in [-0.05, 0) is 67.6 Å². The molecule has 0 aliphatic heterocycles. The second kappa shape index (κ2) is 8.86. The number of hydrogen-bond donors (Lipinski definition) is 2. The average molecular weight is 410 g/mol. The van der Waals surface area contributed by atoms with Crippen LogP contribution in [0.1, 0.15) is 50.5 Å². The summed E-state index contributed by atoms with van der Waals surface area (Å²) in [5, 5.41) is 6.04. The number of hydrogen-bond acceptors (Lipinski definition) is 3. The fourth-order valence-corrected chi connectivity index (χ4v) is 4.03. The Hall–Kier alpha value is -2.89. The van der Waals surface area contributed by atoms with E-state index in [0.717, 1.165) is 44.1 Å². The Morgan fingerprint density at radius 2 is 1.57 bits per heavy atom. The predicted octanol–water partition coefficient (Wildman–Crippen LogP) is 4.46. The second-order valence-corrected chi connectivity index (χ2v) is 8.39. The molecule has 0 radical (unpaired) electrons. The number of carbonyl (C=O) groups excluding carboxylic acids is 2. The molecule has 0 atom stereocenters. The maximum atomic E-state index is 13.0. The van der Waals surface area contributed by atoms with Gasteiger partial charge in [-0.3, -0.25) is 9.59 Å². The van der Waals surface area contributed by atoms with E-state index in [-0.39, 0.29) is 24.1 Å². The van der Waals surface area contributed by atoms with Gasteiger partial charge in [0, 0.05) is 19.0 Å². The standard InChI is InChI=1S/C24H27FN2O3/c25-18-5-11-21(12-6-18)30-20-9-3-17(4-10-20)16-26-23(29)24(13-1-2-14-24)15-22(28)27-19-7-8-19/h3-6,9-12,19H,1-2,7-8,13-16H2,(H,26,29)(H,27,28).